The third-order valence-corrected chi connectivity index (χ3v) is 3.85. The molecule has 0 aliphatic carbocycles. The Bertz CT molecular complexity index is 276. The van der Waals surface area contributed by atoms with Crippen LogP contribution in [0, 0.1) is 0 Å². The minimum atomic E-state index is -0.404. The molecule has 0 aromatic rings. The van der Waals surface area contributed by atoms with Gasteiger partial charge in [-0.2, -0.15) is 0 Å². The van der Waals surface area contributed by atoms with Gasteiger partial charge in [-0.25, -0.2) is 4.79 Å². The Balaban J connectivity index is 1.87. The van der Waals surface area contributed by atoms with Gasteiger partial charge in [-0.15, -0.1) is 0 Å². The number of hydrogen-bond acceptors (Lipinski definition) is 3. The van der Waals surface area contributed by atoms with Gasteiger partial charge < -0.3 is 19.3 Å². The first-order valence-corrected chi connectivity index (χ1v) is 7.02. The average Bonchev–Trinajstić information content (AvgIpc) is 2.42. The molecule has 2 amide bonds. The van der Waals surface area contributed by atoms with Crippen molar-refractivity contribution in [1.82, 2.24) is 9.80 Å². The maximum absolute atomic E-state index is 12.2. The van der Waals surface area contributed by atoms with Crippen LogP contribution in [0.15, 0.2) is 0 Å². The predicted octanol–water partition coefficient (Wildman–Crippen LogP) is 1.68. The van der Waals surface area contributed by atoms with Crippen LogP contribution in [0.25, 0.3) is 0 Å². The fourth-order valence-electron chi connectivity index (χ4n) is 2.64. The lowest BCUT2D eigenvalue weighted by Crippen LogP contribution is -2.54. The molecule has 104 valence electrons. The van der Waals surface area contributed by atoms with Crippen LogP contribution in [-0.2, 0) is 9.47 Å². The van der Waals surface area contributed by atoms with Crippen molar-refractivity contribution in [3.63, 3.8) is 0 Å². The van der Waals surface area contributed by atoms with Crippen molar-refractivity contribution in [2.24, 2.45) is 0 Å². The summed E-state index contributed by atoms with van der Waals surface area (Å²) >= 11 is 0. The number of amides is 2. The smallest absolute Gasteiger partial charge is 0.319 e. The van der Waals surface area contributed by atoms with Gasteiger partial charge >= 0.3 is 6.03 Å². The highest BCUT2D eigenvalue weighted by atomic mass is 16.7. The van der Waals surface area contributed by atoms with Crippen LogP contribution in [0.4, 0.5) is 4.79 Å². The van der Waals surface area contributed by atoms with Crippen LogP contribution in [0.3, 0.4) is 0 Å². The van der Waals surface area contributed by atoms with Crippen LogP contribution in [-0.4, -0.2) is 61.0 Å². The first-order chi connectivity index (χ1) is 8.71. The first-order valence-electron chi connectivity index (χ1n) is 7.02. The van der Waals surface area contributed by atoms with Gasteiger partial charge in [-0.05, 0) is 20.3 Å². The Kier molecular flexibility index (Phi) is 4.45. The Morgan fingerprint density at radius 2 is 1.72 bits per heavy atom. The second-order valence-electron chi connectivity index (χ2n) is 4.90. The second-order valence-corrected chi connectivity index (χ2v) is 4.90. The van der Waals surface area contributed by atoms with Gasteiger partial charge in [-0.1, -0.05) is 0 Å². The Hall–Kier alpha value is -0.810. The van der Waals surface area contributed by atoms with Gasteiger partial charge in [0.05, 0.1) is 13.2 Å². The predicted molar refractivity (Wildman–Crippen MR) is 68.4 cm³/mol. The van der Waals surface area contributed by atoms with Gasteiger partial charge in [-0.3, -0.25) is 0 Å². The van der Waals surface area contributed by atoms with E-state index < -0.39 is 5.79 Å². The molecule has 0 atom stereocenters. The summed E-state index contributed by atoms with van der Waals surface area (Å²) in [5.41, 5.74) is 0. The van der Waals surface area contributed by atoms with Gasteiger partial charge in [0.25, 0.3) is 0 Å². The third-order valence-electron chi connectivity index (χ3n) is 3.85. The molecule has 5 nitrogen and oxygen atoms in total. The molecule has 2 saturated heterocycles. The van der Waals surface area contributed by atoms with E-state index in [0.717, 1.165) is 58.7 Å². The fourth-order valence-corrected chi connectivity index (χ4v) is 2.64. The highest BCUT2D eigenvalue weighted by Crippen LogP contribution is 2.30. The van der Waals surface area contributed by atoms with Gasteiger partial charge in [0, 0.05) is 39.0 Å². The highest BCUT2D eigenvalue weighted by Gasteiger charge is 2.39. The van der Waals surface area contributed by atoms with Crippen molar-refractivity contribution in [3.05, 3.63) is 0 Å². The number of ether oxygens (including phenoxy) is 2. The summed E-state index contributed by atoms with van der Waals surface area (Å²) in [6.45, 7) is 8.59. The van der Waals surface area contributed by atoms with Crippen LogP contribution < -0.4 is 0 Å². The Morgan fingerprint density at radius 3 is 2.22 bits per heavy atom. The first kappa shape index (κ1) is 13.6. The molecule has 0 radical (unpaired) electrons. The van der Waals surface area contributed by atoms with E-state index in [-0.39, 0.29) is 6.03 Å². The molecule has 2 heterocycles. The maximum atomic E-state index is 12.2. The molecular formula is C13H24N2O3. The monoisotopic (exact) mass is 256 g/mol. The van der Waals surface area contributed by atoms with E-state index in [1.54, 1.807) is 0 Å². The van der Waals surface area contributed by atoms with Crippen LogP contribution in [0.1, 0.15) is 33.1 Å². The minimum absolute atomic E-state index is 0.144. The van der Waals surface area contributed by atoms with Gasteiger partial charge in [0.2, 0.25) is 0 Å². The lowest BCUT2D eigenvalue weighted by molar-refractivity contribution is -0.282. The summed E-state index contributed by atoms with van der Waals surface area (Å²) in [5, 5.41) is 0. The van der Waals surface area contributed by atoms with Crippen LogP contribution >= 0.6 is 0 Å². The average molecular weight is 256 g/mol. The molecule has 2 fully saturated rings. The Morgan fingerprint density at radius 1 is 1.17 bits per heavy atom. The van der Waals surface area contributed by atoms with E-state index in [1.807, 2.05) is 23.6 Å². The number of rotatable bonds is 2. The van der Waals surface area contributed by atoms with Crippen molar-refractivity contribution < 1.29 is 14.3 Å². The van der Waals surface area contributed by atoms with E-state index in [2.05, 4.69) is 0 Å². The van der Waals surface area contributed by atoms with Crippen molar-refractivity contribution >= 4 is 6.03 Å². The molecule has 0 unspecified atom stereocenters. The van der Waals surface area contributed by atoms with Gasteiger partial charge in [0.1, 0.15) is 0 Å². The molecule has 0 aromatic heterocycles. The molecule has 0 N–H and O–H groups in total. The van der Waals surface area contributed by atoms with Crippen molar-refractivity contribution in [1.29, 1.82) is 0 Å². The molecular weight excluding hydrogens is 232 g/mol. The number of piperidine rings is 1. The van der Waals surface area contributed by atoms with E-state index in [0.29, 0.717) is 0 Å². The number of likely N-dealkylation sites (tertiary alicyclic amines) is 1. The lowest BCUT2D eigenvalue weighted by atomic mass is 10.0. The zero-order chi connectivity index (χ0) is 13.0. The number of hydrogen-bond donors (Lipinski definition) is 0. The van der Waals surface area contributed by atoms with E-state index in [1.165, 1.54) is 0 Å². The summed E-state index contributed by atoms with van der Waals surface area (Å²) in [6, 6.07) is 0.144. The molecule has 18 heavy (non-hydrogen) atoms. The molecule has 1 spiro atoms. The molecule has 2 rings (SSSR count). The molecule has 0 bridgehead atoms. The topological polar surface area (TPSA) is 42.0 Å². The number of urea groups is 1. The second kappa shape index (κ2) is 5.89. The van der Waals surface area contributed by atoms with E-state index >= 15 is 0 Å². The zero-order valence-corrected chi connectivity index (χ0v) is 11.5. The quantitative estimate of drug-likeness (QED) is 0.755. The lowest BCUT2D eigenvalue weighted by Gasteiger charge is -2.44. The molecule has 2 aliphatic rings. The summed E-state index contributed by atoms with van der Waals surface area (Å²) in [6.07, 6.45) is 2.56. The minimum Gasteiger partial charge on any atom is -0.350 e. The van der Waals surface area contributed by atoms with E-state index in [4.69, 9.17) is 9.47 Å². The molecule has 5 heteroatoms. The number of carbonyl (C=O) groups is 1. The standard InChI is InChI=1S/C13H24N2O3/c1-3-14(4-2)12(16)15-8-6-13(7-9-15)17-10-5-11-18-13/h3-11H2,1-2H3. The molecule has 2 aliphatic heterocycles. The largest absolute Gasteiger partial charge is 0.350 e. The fraction of sp³-hybridized carbons (Fsp3) is 0.923. The van der Waals surface area contributed by atoms with Crippen LogP contribution in [0.5, 0.6) is 0 Å². The summed E-state index contributed by atoms with van der Waals surface area (Å²) in [5.74, 6) is -0.404. The van der Waals surface area contributed by atoms with Crippen molar-refractivity contribution in [2.45, 2.75) is 38.9 Å². The van der Waals surface area contributed by atoms with E-state index in [9.17, 15) is 4.79 Å². The third kappa shape index (κ3) is 2.78. The SMILES string of the molecule is CCN(CC)C(=O)N1CCC2(CC1)OCCCO2. The zero-order valence-electron chi connectivity index (χ0n) is 11.5. The summed E-state index contributed by atoms with van der Waals surface area (Å²) < 4.78 is 11.5. The van der Waals surface area contributed by atoms with Crippen molar-refractivity contribution in [2.75, 3.05) is 39.4 Å². The summed E-state index contributed by atoms with van der Waals surface area (Å²) in [7, 11) is 0. The number of nitrogens with zero attached hydrogens (tertiary/aromatic N) is 2. The number of carbonyl (C=O) groups excluding carboxylic acids is 1. The van der Waals surface area contributed by atoms with Gasteiger partial charge in [0.15, 0.2) is 5.79 Å². The molecule has 0 aromatic carbocycles. The summed E-state index contributed by atoms with van der Waals surface area (Å²) in [4.78, 5) is 16.0. The highest BCUT2D eigenvalue weighted by molar-refractivity contribution is 5.74. The molecule has 0 saturated carbocycles. The van der Waals surface area contributed by atoms with Crippen molar-refractivity contribution in [3.8, 4) is 0 Å². The Labute approximate surface area is 109 Å². The normalized spacial score (nSPS) is 23.1. The maximum Gasteiger partial charge on any atom is 0.319 e. The van der Waals surface area contributed by atoms with Crippen LogP contribution in [0.2, 0.25) is 0 Å².